The van der Waals surface area contributed by atoms with Crippen LogP contribution in [0.1, 0.15) is 0 Å². The Morgan fingerprint density at radius 3 is 1.17 bits per heavy atom. The van der Waals surface area contributed by atoms with E-state index in [1.807, 2.05) is 0 Å². The van der Waals surface area contributed by atoms with Gasteiger partial charge < -0.3 is 16.9 Å². The summed E-state index contributed by atoms with van der Waals surface area (Å²) in [6.07, 6.45) is 2.56. The summed E-state index contributed by atoms with van der Waals surface area (Å²) in [5.41, 5.74) is 9.44. The molecule has 0 radical (unpaired) electrons. The molecule has 0 aromatic carbocycles. The molecule has 0 saturated carbocycles. The predicted octanol–water partition coefficient (Wildman–Crippen LogP) is -1.45. The molecule has 4 heteroatoms. The monoisotopic (exact) mass is 182 g/mol. The van der Waals surface area contributed by atoms with E-state index in [0.29, 0.717) is 0 Å². The van der Waals surface area contributed by atoms with Gasteiger partial charge in [-0.3, -0.25) is 0 Å². The van der Waals surface area contributed by atoms with Gasteiger partial charge in [-0.15, -0.1) is 0 Å². The molecule has 0 saturated heterocycles. The molecule has 0 unspecified atom stereocenters. The van der Waals surface area contributed by atoms with Crippen molar-refractivity contribution >= 4 is 0 Å². The van der Waals surface area contributed by atoms with Gasteiger partial charge in [0.05, 0.1) is 0 Å². The Bertz CT molecular complexity index is 26.7. The molecule has 0 aliphatic rings. The fourth-order valence-corrected chi connectivity index (χ4v) is 0. The van der Waals surface area contributed by atoms with Crippen molar-refractivity contribution in [3.05, 3.63) is 12.4 Å². The zero-order valence-electron chi connectivity index (χ0n) is 3.13. The fourth-order valence-electron chi connectivity index (χ4n) is 0. The molecule has 0 bridgehead atoms. The van der Waals surface area contributed by atoms with Crippen molar-refractivity contribution in [1.82, 2.24) is 0 Å². The van der Waals surface area contributed by atoms with E-state index < -0.39 is 0 Å². The summed E-state index contributed by atoms with van der Waals surface area (Å²) in [4.78, 5) is 0. The largest absolute Gasteiger partial charge is 0.412 e. The Morgan fingerprint density at radius 2 is 1.17 bits per heavy atom. The molecule has 0 rings (SSSR count). The van der Waals surface area contributed by atoms with E-state index in [4.69, 9.17) is 11.5 Å². The van der Waals surface area contributed by atoms with Crippen molar-refractivity contribution in [2.45, 2.75) is 0 Å². The Hall–Kier alpha value is -0.0377. The number of hydrogen-bond donors (Lipinski definition) is 2. The first kappa shape index (κ1) is 16.7. The van der Waals surface area contributed by atoms with Crippen LogP contribution in [-0.2, 0) is 20.4 Å². The molecule has 0 aromatic heterocycles. The van der Waals surface area contributed by atoms with Gasteiger partial charge in [0.1, 0.15) is 0 Å². The van der Waals surface area contributed by atoms with E-state index in [1.165, 1.54) is 12.4 Å². The van der Waals surface area contributed by atoms with E-state index in [1.54, 1.807) is 0 Å². The van der Waals surface area contributed by atoms with Crippen molar-refractivity contribution < 1.29 is 25.9 Å². The van der Waals surface area contributed by atoms with E-state index in [0.717, 1.165) is 0 Å². The molecule has 0 spiro atoms. The van der Waals surface area contributed by atoms with Crippen LogP contribution in [0.15, 0.2) is 12.4 Å². The average molecular weight is 183 g/mol. The van der Waals surface area contributed by atoms with Crippen LogP contribution in [0, 0.1) is 0 Å². The quantitative estimate of drug-likeness (QED) is 0.449. The zero-order valence-corrected chi connectivity index (χ0v) is 4.68. The summed E-state index contributed by atoms with van der Waals surface area (Å²) < 4.78 is 0. The van der Waals surface area contributed by atoms with Crippen LogP contribution in [0.5, 0.6) is 0 Å². The van der Waals surface area contributed by atoms with E-state index in [-0.39, 0.29) is 25.9 Å². The van der Waals surface area contributed by atoms with Crippen LogP contribution in [0.4, 0.5) is 0 Å². The molecule has 6 heavy (non-hydrogen) atoms. The summed E-state index contributed by atoms with van der Waals surface area (Å²) >= 11 is 0. The number of nitrogens with two attached hydrogens (primary N) is 2. The van der Waals surface area contributed by atoms with Gasteiger partial charge in [0, 0.05) is 32.8 Å². The summed E-state index contributed by atoms with van der Waals surface area (Å²) in [6, 6.07) is 0. The topological polar surface area (TPSA) is 83.5 Å². The molecule has 0 aromatic rings. The van der Waals surface area contributed by atoms with E-state index in [9.17, 15) is 0 Å². The van der Waals surface area contributed by atoms with Crippen LogP contribution < -0.4 is 11.5 Å². The molecule has 0 amide bonds. The van der Waals surface area contributed by atoms with E-state index in [2.05, 4.69) is 0 Å². The normalized spacial score (nSPS) is 6.00. The molecule has 0 heterocycles. The molecular weight excluding hydrogens is 174 g/mol. The van der Waals surface area contributed by atoms with Gasteiger partial charge in [-0.1, -0.05) is 0 Å². The Balaban J connectivity index is -0.0000000450. The van der Waals surface area contributed by atoms with Crippen LogP contribution in [0.25, 0.3) is 0 Å². The summed E-state index contributed by atoms with van der Waals surface area (Å²) in [6.45, 7) is 0. The SMILES string of the molecule is N/C=C/N.O.[Pd]. The van der Waals surface area contributed by atoms with Crippen LogP contribution in [0.2, 0.25) is 0 Å². The Labute approximate surface area is 50.4 Å². The van der Waals surface area contributed by atoms with Gasteiger partial charge >= 0.3 is 0 Å². The maximum atomic E-state index is 4.72. The van der Waals surface area contributed by atoms with Gasteiger partial charge in [-0.05, 0) is 0 Å². The number of rotatable bonds is 0. The molecule has 0 fully saturated rings. The molecule has 42 valence electrons. The smallest absolute Gasteiger partial charge is 0.00957 e. The second kappa shape index (κ2) is 20.2. The third-order valence-corrected chi connectivity index (χ3v) is 0.111. The predicted molar refractivity (Wildman–Crippen MR) is 21.1 cm³/mol. The fraction of sp³-hybridized carbons (Fsp3) is 0. The first-order chi connectivity index (χ1) is 1.91. The minimum Gasteiger partial charge on any atom is -0.412 e. The summed E-state index contributed by atoms with van der Waals surface area (Å²) in [5, 5.41) is 0. The van der Waals surface area contributed by atoms with Crippen molar-refractivity contribution in [3.63, 3.8) is 0 Å². The first-order valence-corrected chi connectivity index (χ1v) is 1.00. The maximum absolute atomic E-state index is 4.72. The van der Waals surface area contributed by atoms with Crippen molar-refractivity contribution in [2.24, 2.45) is 11.5 Å². The van der Waals surface area contributed by atoms with Gasteiger partial charge in [0.25, 0.3) is 0 Å². The van der Waals surface area contributed by atoms with E-state index >= 15 is 0 Å². The van der Waals surface area contributed by atoms with Crippen LogP contribution in [-0.4, -0.2) is 5.48 Å². The summed E-state index contributed by atoms with van der Waals surface area (Å²) in [7, 11) is 0. The van der Waals surface area contributed by atoms with Gasteiger partial charge in [-0.25, -0.2) is 0 Å². The second-order valence-electron chi connectivity index (χ2n) is 0.385. The third-order valence-electron chi connectivity index (χ3n) is 0.111. The van der Waals surface area contributed by atoms with Crippen molar-refractivity contribution in [2.75, 3.05) is 0 Å². The van der Waals surface area contributed by atoms with Gasteiger partial charge in [-0.2, -0.15) is 0 Å². The number of hydrogen-bond acceptors (Lipinski definition) is 2. The average Bonchev–Trinajstić information content (AvgIpc) is 1.37. The molecule has 0 aliphatic heterocycles. The van der Waals surface area contributed by atoms with Crippen LogP contribution in [0.3, 0.4) is 0 Å². The van der Waals surface area contributed by atoms with Gasteiger partial charge in [0.2, 0.25) is 0 Å². The van der Waals surface area contributed by atoms with Crippen LogP contribution >= 0.6 is 0 Å². The molecule has 0 aliphatic carbocycles. The molecular formula is C2H8N2OPd. The van der Waals surface area contributed by atoms with Crippen molar-refractivity contribution in [1.29, 1.82) is 0 Å². The first-order valence-electron chi connectivity index (χ1n) is 1.00. The van der Waals surface area contributed by atoms with Crippen molar-refractivity contribution in [3.8, 4) is 0 Å². The Morgan fingerprint density at radius 1 is 1.00 bits per heavy atom. The third kappa shape index (κ3) is 37.5. The van der Waals surface area contributed by atoms with Gasteiger partial charge in [0.15, 0.2) is 0 Å². The summed E-state index contributed by atoms with van der Waals surface area (Å²) in [5.74, 6) is 0. The minimum absolute atomic E-state index is 0. The molecule has 6 N–H and O–H groups in total. The maximum Gasteiger partial charge on any atom is 0.00957 e. The molecule has 3 nitrogen and oxygen atoms in total. The zero-order chi connectivity index (χ0) is 3.41. The minimum atomic E-state index is 0. The Kier molecular flexibility index (Phi) is 56.4. The second-order valence-corrected chi connectivity index (χ2v) is 0.385. The standard InChI is InChI=1S/C2H6N2.H2O.Pd/c3-1-2-4;;/h1-2H,3-4H2;1H2;/b2-1+;;. The molecule has 0 atom stereocenters.